The summed E-state index contributed by atoms with van der Waals surface area (Å²) < 4.78 is 0. The lowest BCUT2D eigenvalue weighted by Gasteiger charge is -2.17. The van der Waals surface area contributed by atoms with Gasteiger partial charge in [0.1, 0.15) is 11.6 Å². The summed E-state index contributed by atoms with van der Waals surface area (Å²) in [5.41, 5.74) is 4.54. The molecule has 44 heavy (non-hydrogen) atoms. The molecule has 1 aliphatic rings. The number of benzene rings is 2. The number of Topliss-reactive ketones (excluding diaryl/α,β-unsaturated/α-hetero) is 1. The van der Waals surface area contributed by atoms with Gasteiger partial charge in [0, 0.05) is 43.6 Å². The van der Waals surface area contributed by atoms with Crippen molar-refractivity contribution >= 4 is 35.8 Å². The number of hydrogen-bond acceptors (Lipinski definition) is 4. The zero-order valence-corrected chi connectivity index (χ0v) is 30.6. The van der Waals surface area contributed by atoms with E-state index in [0.717, 1.165) is 47.5 Å². The highest BCUT2D eigenvalue weighted by Crippen LogP contribution is 2.22. The van der Waals surface area contributed by atoms with Crippen molar-refractivity contribution in [3.05, 3.63) is 78.4 Å². The summed E-state index contributed by atoms with van der Waals surface area (Å²) in [6, 6.07) is 16.5. The van der Waals surface area contributed by atoms with Gasteiger partial charge in [0.2, 0.25) is 0 Å². The van der Waals surface area contributed by atoms with Gasteiger partial charge < -0.3 is 4.90 Å². The van der Waals surface area contributed by atoms with E-state index in [2.05, 4.69) is 88.7 Å². The predicted octanol–water partition coefficient (Wildman–Crippen LogP) is 11.4. The first-order chi connectivity index (χ1) is 21.1. The third kappa shape index (κ3) is 21.1. The minimum atomic E-state index is 0.232. The van der Waals surface area contributed by atoms with Crippen molar-refractivity contribution < 1.29 is 4.79 Å². The summed E-state index contributed by atoms with van der Waals surface area (Å²) in [4.78, 5) is 21.7. The Morgan fingerprint density at radius 1 is 0.955 bits per heavy atom. The third-order valence-electron chi connectivity index (χ3n) is 7.22. The van der Waals surface area contributed by atoms with Crippen LogP contribution in [0, 0.1) is 18.8 Å². The van der Waals surface area contributed by atoms with E-state index < -0.39 is 0 Å². The molecule has 4 nitrogen and oxygen atoms in total. The standard InChI is InChI=1S/C14H20OS.C12H17N3.C7H14.C4H10.C2H4/c1-4-14(12(3)15)10-16-9-13-7-5-11(2)6-8-13;1-5-14-12(15(3)4)10-8-6-7-9-11(10)13-2;1-7-5-3-2-4-6-7;1-3-4-2;1-2/h5-8,14H,4,9-10H2,1-3H3;6-9H,2,5H2,1,3-4H3;7H,2-6H2,1H3;3-4H2,1-2H3;1-2H2. The fraction of sp³-hybridized carbons (Fsp3) is 0.564. The molecular formula is C39H65N3OS. The van der Waals surface area contributed by atoms with Gasteiger partial charge >= 0.3 is 0 Å². The molecule has 1 aliphatic carbocycles. The second kappa shape index (κ2) is 29.1. The molecule has 0 aliphatic heterocycles. The van der Waals surface area contributed by atoms with Gasteiger partial charge in [0.25, 0.3) is 0 Å². The number of carbonyl (C=O) groups excluding carboxylic acids is 1. The van der Waals surface area contributed by atoms with Crippen LogP contribution in [0.25, 0.3) is 0 Å². The van der Waals surface area contributed by atoms with Gasteiger partial charge in [0.15, 0.2) is 0 Å². The number of carbonyl (C=O) groups is 1. The average molecular weight is 624 g/mol. The van der Waals surface area contributed by atoms with Crippen LogP contribution < -0.4 is 0 Å². The Kier molecular flexibility index (Phi) is 28.7. The van der Waals surface area contributed by atoms with Crippen molar-refractivity contribution in [1.29, 1.82) is 0 Å². The molecule has 1 fully saturated rings. The molecule has 0 N–H and O–H groups in total. The number of nitrogens with zero attached hydrogens (tertiary/aromatic N) is 3. The molecule has 0 saturated heterocycles. The molecule has 1 unspecified atom stereocenters. The van der Waals surface area contributed by atoms with Gasteiger partial charge in [-0.15, -0.1) is 13.2 Å². The summed E-state index contributed by atoms with van der Waals surface area (Å²) in [6.45, 7) is 24.9. The molecule has 248 valence electrons. The van der Waals surface area contributed by atoms with Crippen LogP contribution in [0.4, 0.5) is 5.69 Å². The number of rotatable bonds is 10. The Bertz CT molecular complexity index is 1010. The van der Waals surface area contributed by atoms with Crippen molar-refractivity contribution in [1.82, 2.24) is 4.90 Å². The molecule has 0 amide bonds. The van der Waals surface area contributed by atoms with Crippen LogP contribution in [-0.2, 0) is 10.5 Å². The third-order valence-corrected chi connectivity index (χ3v) is 8.39. The van der Waals surface area contributed by atoms with E-state index in [1.165, 1.54) is 56.1 Å². The monoisotopic (exact) mass is 623 g/mol. The summed E-state index contributed by atoms with van der Waals surface area (Å²) >= 11 is 1.85. The lowest BCUT2D eigenvalue weighted by atomic mass is 9.91. The van der Waals surface area contributed by atoms with Crippen molar-refractivity contribution in [3.8, 4) is 0 Å². The first-order valence-electron chi connectivity index (χ1n) is 16.6. The predicted molar refractivity (Wildman–Crippen MR) is 202 cm³/mol. The van der Waals surface area contributed by atoms with Crippen molar-refractivity contribution in [2.75, 3.05) is 26.4 Å². The van der Waals surface area contributed by atoms with Crippen molar-refractivity contribution in [3.63, 3.8) is 0 Å². The molecule has 2 aromatic rings. The van der Waals surface area contributed by atoms with Crippen LogP contribution in [0.15, 0.2) is 71.7 Å². The minimum absolute atomic E-state index is 0.232. The van der Waals surface area contributed by atoms with E-state index in [4.69, 9.17) is 0 Å². The fourth-order valence-electron chi connectivity index (χ4n) is 4.25. The second-order valence-corrected chi connectivity index (χ2v) is 12.4. The number of aryl methyl sites for hydroxylation is 1. The second-order valence-electron chi connectivity index (χ2n) is 11.3. The molecule has 1 saturated carbocycles. The number of ketones is 1. The van der Waals surface area contributed by atoms with Gasteiger partial charge in [0.05, 0.1) is 5.69 Å². The molecule has 1 atom stereocenters. The minimum Gasteiger partial charge on any atom is -0.362 e. The summed E-state index contributed by atoms with van der Waals surface area (Å²) in [5.74, 6) is 4.48. The Morgan fingerprint density at radius 2 is 1.52 bits per heavy atom. The molecule has 2 aromatic carbocycles. The number of amidine groups is 1. The molecule has 3 rings (SSSR count). The number of para-hydroxylation sites is 1. The molecule has 0 aromatic heterocycles. The first-order valence-corrected chi connectivity index (χ1v) is 17.7. The number of aliphatic imine (C=N–C) groups is 2. The van der Waals surface area contributed by atoms with Gasteiger partial charge in [-0.3, -0.25) is 14.8 Å². The molecular weight excluding hydrogens is 559 g/mol. The van der Waals surface area contributed by atoms with E-state index in [9.17, 15) is 4.79 Å². The number of thioether (sulfide) groups is 1. The summed E-state index contributed by atoms with van der Waals surface area (Å²) in [7, 11) is 3.96. The largest absolute Gasteiger partial charge is 0.362 e. The molecule has 0 radical (unpaired) electrons. The average Bonchev–Trinajstić information content (AvgIpc) is 3.04. The van der Waals surface area contributed by atoms with Crippen LogP contribution in [0.5, 0.6) is 0 Å². The van der Waals surface area contributed by atoms with Gasteiger partial charge in [-0.2, -0.15) is 11.8 Å². The van der Waals surface area contributed by atoms with Crippen LogP contribution in [0.1, 0.15) is 110 Å². The highest BCUT2D eigenvalue weighted by atomic mass is 32.2. The number of unbranched alkanes of at least 4 members (excludes halogenated alkanes) is 1. The lowest BCUT2D eigenvalue weighted by molar-refractivity contribution is -0.120. The Hall–Kier alpha value is -2.66. The Morgan fingerprint density at radius 3 is 1.93 bits per heavy atom. The maximum atomic E-state index is 11.2. The maximum absolute atomic E-state index is 11.2. The Balaban J connectivity index is 0. The van der Waals surface area contributed by atoms with Crippen molar-refractivity contribution in [2.24, 2.45) is 21.8 Å². The first kappa shape index (κ1) is 43.5. The van der Waals surface area contributed by atoms with Crippen LogP contribution in [0.2, 0.25) is 0 Å². The smallest absolute Gasteiger partial charge is 0.133 e. The maximum Gasteiger partial charge on any atom is 0.133 e. The summed E-state index contributed by atoms with van der Waals surface area (Å²) in [6.07, 6.45) is 11.0. The zero-order chi connectivity index (χ0) is 33.8. The SMILES string of the molecule is C=C.C=Nc1ccccc1C(=NCC)N(C)C.CC1CCCCC1.CCC(CSCc1ccc(C)cc1)C(C)=O.CCCC. The van der Waals surface area contributed by atoms with Gasteiger partial charge in [-0.05, 0) is 57.5 Å². The highest BCUT2D eigenvalue weighted by molar-refractivity contribution is 7.98. The van der Waals surface area contributed by atoms with E-state index in [-0.39, 0.29) is 5.92 Å². The zero-order valence-electron chi connectivity index (χ0n) is 29.8. The highest BCUT2D eigenvalue weighted by Gasteiger charge is 2.11. The van der Waals surface area contributed by atoms with Crippen molar-refractivity contribution in [2.45, 2.75) is 106 Å². The molecule has 0 heterocycles. The van der Waals surface area contributed by atoms with Crippen LogP contribution in [-0.4, -0.2) is 49.6 Å². The number of hydrogen-bond donors (Lipinski definition) is 0. The topological polar surface area (TPSA) is 45.0 Å². The van der Waals surface area contributed by atoms with E-state index in [0.29, 0.717) is 5.78 Å². The van der Waals surface area contributed by atoms with E-state index >= 15 is 0 Å². The quantitative estimate of drug-likeness (QED) is 0.150. The van der Waals surface area contributed by atoms with Crippen LogP contribution >= 0.6 is 11.8 Å². The lowest BCUT2D eigenvalue weighted by Crippen LogP contribution is -2.23. The summed E-state index contributed by atoms with van der Waals surface area (Å²) in [5, 5.41) is 0. The fourth-order valence-corrected chi connectivity index (χ4v) is 5.55. The van der Waals surface area contributed by atoms with Gasteiger partial charge in [-0.25, -0.2) is 0 Å². The molecule has 0 spiro atoms. The Labute approximate surface area is 277 Å². The van der Waals surface area contributed by atoms with E-state index in [1.807, 2.05) is 61.9 Å². The van der Waals surface area contributed by atoms with Gasteiger partial charge in [-0.1, -0.05) is 115 Å². The normalized spacial score (nSPS) is 13.2. The molecule has 5 heteroatoms. The van der Waals surface area contributed by atoms with Crippen LogP contribution in [0.3, 0.4) is 0 Å². The van der Waals surface area contributed by atoms with E-state index in [1.54, 1.807) is 6.92 Å². The molecule has 0 bridgehead atoms.